The molecule has 0 bridgehead atoms. The van der Waals surface area contributed by atoms with Crippen molar-refractivity contribution >= 4 is 23.0 Å². The zero-order valence-corrected chi connectivity index (χ0v) is 7.19. The van der Waals surface area contributed by atoms with Gasteiger partial charge in [-0.15, -0.1) is 0 Å². The lowest BCUT2D eigenvalue weighted by Crippen LogP contribution is -2.27. The molecule has 0 aromatic heterocycles. The summed E-state index contributed by atoms with van der Waals surface area (Å²) in [6, 6.07) is 5.07. The Morgan fingerprint density at radius 3 is 3.07 bits per heavy atom. The first-order valence-electron chi connectivity index (χ1n) is 4.02. The Balaban J connectivity index is 2.42. The minimum atomic E-state index is -0.101. The lowest BCUT2D eigenvalue weighted by molar-refractivity contribution is -0.114. The molecule has 0 atom stereocenters. The molecule has 1 amide bonds. The number of rotatable bonds is 1. The van der Waals surface area contributed by atoms with Crippen molar-refractivity contribution in [3.63, 3.8) is 0 Å². The van der Waals surface area contributed by atoms with Crippen LogP contribution in [0, 0.1) is 0 Å². The predicted octanol–water partition coefficient (Wildman–Crippen LogP) is 1.99. The fourth-order valence-corrected chi connectivity index (χ4v) is 1.27. The van der Waals surface area contributed by atoms with Gasteiger partial charge in [-0.2, -0.15) is 0 Å². The molecule has 1 heterocycles. The third-order valence-electron chi connectivity index (χ3n) is 1.88. The zero-order chi connectivity index (χ0) is 9.97. The molecule has 0 spiro atoms. The van der Waals surface area contributed by atoms with Crippen molar-refractivity contribution in [1.29, 1.82) is 0 Å². The number of carbonyl (C=O) groups excluding carboxylic acids is 1. The van der Waals surface area contributed by atoms with Crippen LogP contribution in [0.2, 0.25) is 0 Å². The minimum Gasteiger partial charge on any atom is -0.374 e. The molecule has 0 fully saturated rings. The van der Waals surface area contributed by atoms with Crippen LogP contribution in [0.5, 0.6) is 0 Å². The Kier molecular flexibility index (Phi) is 1.96. The summed E-state index contributed by atoms with van der Waals surface area (Å²) < 4.78 is 0. The van der Waals surface area contributed by atoms with Crippen LogP contribution in [0.1, 0.15) is 0 Å². The average Bonchev–Trinajstić information content (AvgIpc) is 2.17. The van der Waals surface area contributed by atoms with E-state index in [2.05, 4.69) is 20.7 Å². The Labute approximate surface area is 79.6 Å². The maximum absolute atomic E-state index is 11.0. The fraction of sp³-hybridized carbons (Fsp3) is 0.125. The Hall–Kier alpha value is -2.20. The smallest absolute Gasteiger partial charge is 0.243 e. The first-order chi connectivity index (χ1) is 6.79. The van der Waals surface area contributed by atoms with E-state index in [-0.39, 0.29) is 12.5 Å². The van der Waals surface area contributed by atoms with Crippen molar-refractivity contribution in [3.05, 3.63) is 28.6 Å². The van der Waals surface area contributed by atoms with Crippen molar-refractivity contribution in [2.24, 2.45) is 5.11 Å². The molecule has 0 aliphatic carbocycles. The van der Waals surface area contributed by atoms with Crippen LogP contribution in [0.3, 0.4) is 0 Å². The topological polar surface area (TPSA) is 89.9 Å². The standard InChI is InChI=1S/C8H7N5O/c9-13-12-5-1-2-6-7(3-5)11-8(14)4-10-6/h1-3,10H,4H2,(H,11,14). The van der Waals surface area contributed by atoms with Gasteiger partial charge in [-0.05, 0) is 17.7 Å². The van der Waals surface area contributed by atoms with Crippen LogP contribution in [-0.4, -0.2) is 12.5 Å². The summed E-state index contributed by atoms with van der Waals surface area (Å²) in [6.07, 6.45) is 0. The highest BCUT2D eigenvalue weighted by Crippen LogP contribution is 2.29. The molecule has 0 unspecified atom stereocenters. The molecule has 14 heavy (non-hydrogen) atoms. The van der Waals surface area contributed by atoms with Gasteiger partial charge < -0.3 is 10.6 Å². The number of hydrogen-bond donors (Lipinski definition) is 2. The number of amides is 1. The van der Waals surface area contributed by atoms with Gasteiger partial charge in [-0.3, -0.25) is 4.79 Å². The fourth-order valence-electron chi connectivity index (χ4n) is 1.27. The van der Waals surface area contributed by atoms with Gasteiger partial charge >= 0.3 is 0 Å². The van der Waals surface area contributed by atoms with E-state index in [1.54, 1.807) is 18.2 Å². The molecule has 70 valence electrons. The number of anilines is 2. The largest absolute Gasteiger partial charge is 0.374 e. The first kappa shape index (κ1) is 8.40. The maximum atomic E-state index is 11.0. The highest BCUT2D eigenvalue weighted by molar-refractivity contribution is 6.01. The van der Waals surface area contributed by atoms with Gasteiger partial charge in [0, 0.05) is 10.6 Å². The molecule has 1 aromatic rings. The van der Waals surface area contributed by atoms with Crippen molar-refractivity contribution < 1.29 is 4.79 Å². The molecular formula is C8H7N5O. The second kappa shape index (κ2) is 3.27. The lowest BCUT2D eigenvalue weighted by atomic mass is 10.2. The summed E-state index contributed by atoms with van der Waals surface area (Å²) in [7, 11) is 0. The molecule has 2 N–H and O–H groups in total. The van der Waals surface area contributed by atoms with E-state index in [0.29, 0.717) is 11.4 Å². The number of azide groups is 1. The number of hydrogen-bond acceptors (Lipinski definition) is 3. The summed E-state index contributed by atoms with van der Waals surface area (Å²) in [5.41, 5.74) is 10.2. The van der Waals surface area contributed by atoms with Crippen LogP contribution in [0.4, 0.5) is 17.1 Å². The highest BCUT2D eigenvalue weighted by atomic mass is 16.2. The lowest BCUT2D eigenvalue weighted by Gasteiger charge is -2.18. The van der Waals surface area contributed by atoms with E-state index < -0.39 is 0 Å². The molecular weight excluding hydrogens is 182 g/mol. The number of benzene rings is 1. The van der Waals surface area contributed by atoms with E-state index in [4.69, 9.17) is 5.53 Å². The highest BCUT2D eigenvalue weighted by Gasteiger charge is 2.13. The maximum Gasteiger partial charge on any atom is 0.243 e. The molecule has 0 saturated carbocycles. The van der Waals surface area contributed by atoms with E-state index in [1.807, 2.05) is 0 Å². The number of nitrogens with one attached hydrogen (secondary N) is 2. The normalized spacial score (nSPS) is 13.3. The summed E-state index contributed by atoms with van der Waals surface area (Å²) in [4.78, 5) is 13.7. The van der Waals surface area contributed by atoms with Crippen LogP contribution >= 0.6 is 0 Å². The monoisotopic (exact) mass is 189 g/mol. The molecule has 2 rings (SSSR count). The van der Waals surface area contributed by atoms with Gasteiger partial charge in [-0.25, -0.2) is 0 Å². The summed E-state index contributed by atoms with van der Waals surface area (Å²) in [6.45, 7) is 0.272. The van der Waals surface area contributed by atoms with E-state index in [0.717, 1.165) is 5.69 Å². The van der Waals surface area contributed by atoms with Gasteiger partial charge in [0.2, 0.25) is 5.91 Å². The Morgan fingerprint density at radius 2 is 2.29 bits per heavy atom. The predicted molar refractivity (Wildman–Crippen MR) is 52.4 cm³/mol. The second-order valence-corrected chi connectivity index (χ2v) is 2.82. The molecule has 1 aliphatic heterocycles. The Bertz CT molecular complexity index is 435. The number of nitrogens with zero attached hydrogens (tertiary/aromatic N) is 3. The van der Waals surface area contributed by atoms with Crippen LogP contribution < -0.4 is 10.6 Å². The molecule has 6 nitrogen and oxygen atoms in total. The number of carbonyl (C=O) groups is 1. The minimum absolute atomic E-state index is 0.101. The molecule has 1 aliphatic rings. The molecule has 0 saturated heterocycles. The zero-order valence-electron chi connectivity index (χ0n) is 7.19. The van der Waals surface area contributed by atoms with E-state index in [1.165, 1.54) is 0 Å². The van der Waals surface area contributed by atoms with Crippen molar-refractivity contribution in [2.75, 3.05) is 17.2 Å². The van der Waals surface area contributed by atoms with Gasteiger partial charge in [-0.1, -0.05) is 11.2 Å². The van der Waals surface area contributed by atoms with Crippen molar-refractivity contribution in [2.45, 2.75) is 0 Å². The van der Waals surface area contributed by atoms with Crippen molar-refractivity contribution in [1.82, 2.24) is 0 Å². The molecule has 6 heteroatoms. The number of fused-ring (bicyclic) bond motifs is 1. The summed E-state index contributed by atoms with van der Waals surface area (Å²) >= 11 is 0. The van der Waals surface area contributed by atoms with Gasteiger partial charge in [0.15, 0.2) is 0 Å². The average molecular weight is 189 g/mol. The molecule has 0 radical (unpaired) electrons. The summed E-state index contributed by atoms with van der Waals surface area (Å²) in [5, 5.41) is 9.05. The van der Waals surface area contributed by atoms with Crippen molar-refractivity contribution in [3.8, 4) is 0 Å². The van der Waals surface area contributed by atoms with Crippen LogP contribution in [0.15, 0.2) is 23.3 Å². The third kappa shape index (κ3) is 1.46. The first-order valence-corrected chi connectivity index (χ1v) is 4.02. The second-order valence-electron chi connectivity index (χ2n) is 2.82. The van der Waals surface area contributed by atoms with Gasteiger partial charge in [0.25, 0.3) is 0 Å². The summed E-state index contributed by atoms with van der Waals surface area (Å²) in [5.74, 6) is -0.101. The Morgan fingerprint density at radius 1 is 1.43 bits per heavy atom. The van der Waals surface area contributed by atoms with Crippen LogP contribution in [-0.2, 0) is 4.79 Å². The molecule has 1 aromatic carbocycles. The van der Waals surface area contributed by atoms with E-state index >= 15 is 0 Å². The van der Waals surface area contributed by atoms with Gasteiger partial charge in [0.05, 0.1) is 17.9 Å². The third-order valence-corrected chi connectivity index (χ3v) is 1.88. The van der Waals surface area contributed by atoms with Crippen LogP contribution in [0.25, 0.3) is 10.4 Å². The van der Waals surface area contributed by atoms with Gasteiger partial charge in [0.1, 0.15) is 0 Å². The quantitative estimate of drug-likeness (QED) is 0.401. The SMILES string of the molecule is [N-]=[N+]=Nc1ccc2c(c1)NC(=O)CN2. The van der Waals surface area contributed by atoms with E-state index in [9.17, 15) is 4.79 Å².